The monoisotopic (exact) mass is 375 g/mol. The van der Waals surface area contributed by atoms with E-state index in [0.717, 1.165) is 22.2 Å². The summed E-state index contributed by atoms with van der Waals surface area (Å²) in [5.74, 6) is -0.623. The van der Waals surface area contributed by atoms with Crippen molar-refractivity contribution in [3.05, 3.63) is 64.9 Å². The Morgan fingerprint density at radius 2 is 1.89 bits per heavy atom. The van der Waals surface area contributed by atoms with Gasteiger partial charge in [-0.1, -0.05) is 18.2 Å². The number of hydrogen-bond acceptors (Lipinski definition) is 2. The van der Waals surface area contributed by atoms with Crippen LogP contribution in [0, 0.1) is 13.8 Å². The lowest BCUT2D eigenvalue weighted by Gasteiger charge is -2.12. The van der Waals surface area contributed by atoms with Crippen molar-refractivity contribution in [3.8, 4) is 11.1 Å². The van der Waals surface area contributed by atoms with Crippen LogP contribution in [0.25, 0.3) is 28.1 Å². The number of nitrogens with two attached hydrogens (primary N) is 1. The Morgan fingerprint density at radius 1 is 1.11 bits per heavy atom. The summed E-state index contributed by atoms with van der Waals surface area (Å²) in [4.78, 5) is 26.2. The van der Waals surface area contributed by atoms with Gasteiger partial charge >= 0.3 is 0 Å². The third-order valence-corrected chi connectivity index (χ3v) is 4.86. The summed E-state index contributed by atoms with van der Waals surface area (Å²) in [7, 11) is 0. The van der Waals surface area contributed by atoms with Gasteiger partial charge in [0.25, 0.3) is 0 Å². The number of rotatable bonds is 6. The number of fused-ring (bicyclic) bond motifs is 1. The van der Waals surface area contributed by atoms with Gasteiger partial charge in [0.1, 0.15) is 0 Å². The first kappa shape index (κ1) is 19.4. The van der Waals surface area contributed by atoms with E-state index in [4.69, 9.17) is 5.73 Å². The maximum absolute atomic E-state index is 12.2. The Kier molecular flexibility index (Phi) is 5.64. The van der Waals surface area contributed by atoms with Crippen LogP contribution in [0.5, 0.6) is 0 Å². The lowest BCUT2D eigenvalue weighted by atomic mass is 9.93. The molecule has 0 fully saturated rings. The van der Waals surface area contributed by atoms with Crippen molar-refractivity contribution in [2.75, 3.05) is 6.54 Å². The molecule has 2 aromatic carbocycles. The number of carbonyl (C=O) groups is 2. The van der Waals surface area contributed by atoms with Gasteiger partial charge < -0.3 is 16.0 Å². The zero-order valence-corrected chi connectivity index (χ0v) is 16.4. The lowest BCUT2D eigenvalue weighted by molar-refractivity contribution is -0.118. The average molecular weight is 375 g/mol. The molecule has 0 unspecified atom stereocenters. The second-order valence-corrected chi connectivity index (χ2v) is 7.10. The van der Waals surface area contributed by atoms with Crippen molar-refractivity contribution < 1.29 is 9.59 Å². The molecule has 0 saturated carbocycles. The molecule has 1 heterocycles. The molecule has 3 aromatic rings. The van der Waals surface area contributed by atoms with Crippen LogP contribution in [0.3, 0.4) is 0 Å². The van der Waals surface area contributed by atoms with E-state index in [1.54, 1.807) is 6.92 Å². The number of aryl methyl sites for hydroxylation is 2. The number of hydrogen-bond donors (Lipinski definition) is 3. The highest BCUT2D eigenvalue weighted by molar-refractivity contribution is 5.97. The second-order valence-electron chi connectivity index (χ2n) is 7.10. The molecule has 4 N–H and O–H groups in total. The molecular formula is C23H25N3O2. The summed E-state index contributed by atoms with van der Waals surface area (Å²) < 4.78 is 0. The van der Waals surface area contributed by atoms with Gasteiger partial charge in [-0.15, -0.1) is 0 Å². The molecule has 1 aromatic heterocycles. The van der Waals surface area contributed by atoms with E-state index >= 15 is 0 Å². The van der Waals surface area contributed by atoms with Crippen LogP contribution in [0.15, 0.2) is 48.2 Å². The van der Waals surface area contributed by atoms with Gasteiger partial charge in [-0.25, -0.2) is 0 Å². The molecule has 0 radical (unpaired) electrons. The highest BCUT2D eigenvalue weighted by Gasteiger charge is 2.09. The first-order chi connectivity index (χ1) is 13.3. The lowest BCUT2D eigenvalue weighted by Crippen LogP contribution is -2.28. The van der Waals surface area contributed by atoms with Crippen molar-refractivity contribution in [1.82, 2.24) is 10.3 Å². The summed E-state index contributed by atoms with van der Waals surface area (Å²) in [6.45, 7) is 6.14. The smallest absolute Gasteiger partial charge is 0.246 e. The molecule has 2 amide bonds. The van der Waals surface area contributed by atoms with Gasteiger partial charge in [-0.3, -0.25) is 9.59 Å². The van der Waals surface area contributed by atoms with E-state index in [0.29, 0.717) is 5.57 Å². The number of carbonyl (C=O) groups excluding carboxylic acids is 2. The van der Waals surface area contributed by atoms with E-state index in [1.165, 1.54) is 16.5 Å². The molecule has 0 saturated heterocycles. The summed E-state index contributed by atoms with van der Waals surface area (Å²) in [6.07, 6.45) is 3.95. The van der Waals surface area contributed by atoms with Gasteiger partial charge in [0.05, 0.1) is 0 Å². The number of aromatic amines is 1. The van der Waals surface area contributed by atoms with E-state index in [9.17, 15) is 9.59 Å². The third-order valence-electron chi connectivity index (χ3n) is 4.86. The number of benzene rings is 2. The van der Waals surface area contributed by atoms with Crippen LogP contribution in [-0.2, 0) is 9.59 Å². The number of primary amides is 1. The van der Waals surface area contributed by atoms with Crippen molar-refractivity contribution in [3.63, 3.8) is 0 Å². The molecule has 5 heteroatoms. The van der Waals surface area contributed by atoms with Crippen molar-refractivity contribution in [2.24, 2.45) is 5.73 Å². The Labute approximate surface area is 164 Å². The molecule has 5 nitrogen and oxygen atoms in total. The Hall–Kier alpha value is -3.34. The molecule has 0 bridgehead atoms. The Bertz CT molecular complexity index is 1080. The largest absolute Gasteiger partial charge is 0.370 e. The van der Waals surface area contributed by atoms with E-state index in [-0.39, 0.29) is 18.9 Å². The first-order valence-corrected chi connectivity index (χ1v) is 9.28. The zero-order chi connectivity index (χ0) is 20.3. The van der Waals surface area contributed by atoms with Crippen LogP contribution in [-0.4, -0.2) is 23.3 Å². The minimum absolute atomic E-state index is 0.136. The molecular weight excluding hydrogens is 350 g/mol. The molecule has 28 heavy (non-hydrogen) atoms. The Morgan fingerprint density at radius 3 is 2.64 bits per heavy atom. The standard InChI is InChI=1S/C23H25N3O2/c1-14-12-20(17-4-5-21-18(13-17)6-8-25-21)15(2)10-19(14)11-16(3)23(28)26-9-7-22(24)27/h4-6,8,10-13,25H,7,9H2,1-3H3,(H2,24,27)(H,26,28)/b16-11+. The summed E-state index contributed by atoms with van der Waals surface area (Å²) in [5.41, 5.74) is 12.4. The minimum atomic E-state index is -0.429. The third kappa shape index (κ3) is 4.31. The average Bonchev–Trinajstić information content (AvgIpc) is 3.11. The maximum atomic E-state index is 12.2. The second kappa shape index (κ2) is 8.13. The van der Waals surface area contributed by atoms with Gasteiger partial charge in [-0.05, 0) is 78.2 Å². The predicted molar refractivity (Wildman–Crippen MR) is 114 cm³/mol. The molecule has 0 spiro atoms. The highest BCUT2D eigenvalue weighted by atomic mass is 16.2. The fourth-order valence-corrected chi connectivity index (χ4v) is 3.26. The van der Waals surface area contributed by atoms with Crippen molar-refractivity contribution >= 4 is 28.8 Å². The van der Waals surface area contributed by atoms with Gasteiger partial charge in [-0.2, -0.15) is 0 Å². The molecule has 0 atom stereocenters. The zero-order valence-electron chi connectivity index (χ0n) is 16.4. The molecule has 0 aliphatic carbocycles. The fraction of sp³-hybridized carbons (Fsp3) is 0.217. The maximum Gasteiger partial charge on any atom is 0.246 e. The highest BCUT2D eigenvalue weighted by Crippen LogP contribution is 2.29. The fourth-order valence-electron chi connectivity index (χ4n) is 3.26. The Balaban J connectivity index is 1.85. The molecule has 0 aliphatic rings. The number of amides is 2. The molecule has 144 valence electrons. The predicted octanol–water partition coefficient (Wildman–Crippen LogP) is 3.85. The normalized spacial score (nSPS) is 11.6. The van der Waals surface area contributed by atoms with Crippen LogP contribution in [0.4, 0.5) is 0 Å². The number of nitrogens with one attached hydrogen (secondary N) is 2. The van der Waals surface area contributed by atoms with Crippen LogP contribution in [0.2, 0.25) is 0 Å². The van der Waals surface area contributed by atoms with Gasteiger partial charge in [0.2, 0.25) is 11.8 Å². The summed E-state index contributed by atoms with van der Waals surface area (Å²) in [5, 5.41) is 3.89. The SMILES string of the molecule is C/C(=C\c1cc(C)c(-c2ccc3[nH]ccc3c2)cc1C)C(=O)NCCC(N)=O. The van der Waals surface area contributed by atoms with E-state index < -0.39 is 5.91 Å². The van der Waals surface area contributed by atoms with Crippen molar-refractivity contribution in [2.45, 2.75) is 27.2 Å². The molecule has 0 aliphatic heterocycles. The van der Waals surface area contributed by atoms with Crippen LogP contribution in [0.1, 0.15) is 30.0 Å². The number of H-pyrrole nitrogens is 1. The van der Waals surface area contributed by atoms with Crippen LogP contribution >= 0.6 is 0 Å². The van der Waals surface area contributed by atoms with Gasteiger partial charge in [0, 0.05) is 30.3 Å². The quantitative estimate of drug-likeness (QED) is 0.572. The van der Waals surface area contributed by atoms with E-state index in [2.05, 4.69) is 53.6 Å². The first-order valence-electron chi connectivity index (χ1n) is 9.28. The van der Waals surface area contributed by atoms with Crippen molar-refractivity contribution in [1.29, 1.82) is 0 Å². The number of aromatic nitrogens is 1. The van der Waals surface area contributed by atoms with Gasteiger partial charge in [0.15, 0.2) is 0 Å². The molecule has 3 rings (SSSR count). The minimum Gasteiger partial charge on any atom is -0.370 e. The van der Waals surface area contributed by atoms with Crippen LogP contribution < -0.4 is 11.1 Å². The summed E-state index contributed by atoms with van der Waals surface area (Å²) in [6, 6.07) is 12.7. The summed E-state index contributed by atoms with van der Waals surface area (Å²) >= 11 is 0. The topological polar surface area (TPSA) is 88.0 Å². The van der Waals surface area contributed by atoms with E-state index in [1.807, 2.05) is 19.2 Å².